The minimum Gasteiger partial charge on any atom is -0.457 e. The van der Waals surface area contributed by atoms with Gasteiger partial charge in [-0.2, -0.15) is 0 Å². The number of aryl methyl sites for hydroxylation is 2. The number of nitrogens with zero attached hydrogens (tertiary/aromatic N) is 2. The normalized spacial score (nSPS) is 11.1. The molecule has 0 spiro atoms. The molecule has 0 amide bonds. The first-order chi connectivity index (χ1) is 11.9. The number of benzene rings is 2. The van der Waals surface area contributed by atoms with E-state index in [9.17, 15) is 8.78 Å². The summed E-state index contributed by atoms with van der Waals surface area (Å²) in [5, 5.41) is 0. The molecular weight excluding hydrogens is 322 g/mol. The highest BCUT2D eigenvalue weighted by molar-refractivity contribution is 5.65. The van der Waals surface area contributed by atoms with Gasteiger partial charge in [0.1, 0.15) is 11.5 Å². The quantitative estimate of drug-likeness (QED) is 0.470. The fourth-order valence-corrected chi connectivity index (χ4v) is 2.42. The van der Waals surface area contributed by atoms with Crippen LogP contribution in [-0.4, -0.2) is 24.3 Å². The summed E-state index contributed by atoms with van der Waals surface area (Å²) < 4.78 is 32.0. The Hall–Kier alpha value is -2.43. The number of hydrogen-bond acceptors (Lipinski definition) is 2. The van der Waals surface area contributed by atoms with E-state index in [4.69, 9.17) is 4.74 Å². The lowest BCUT2D eigenvalue weighted by Crippen LogP contribution is -2.21. The lowest BCUT2D eigenvalue weighted by atomic mass is 10.1. The predicted octanol–water partition coefficient (Wildman–Crippen LogP) is 5.77. The van der Waals surface area contributed by atoms with E-state index in [1.54, 1.807) is 0 Å². The predicted molar refractivity (Wildman–Crippen MR) is 98.0 cm³/mol. The fraction of sp³-hybridized carbons (Fsp3) is 0.350. The third-order valence-corrected chi connectivity index (χ3v) is 3.89. The first kappa shape index (κ1) is 18.9. The van der Waals surface area contributed by atoms with E-state index >= 15 is 0 Å². The van der Waals surface area contributed by atoms with Crippen LogP contribution in [0.25, 0.3) is 0 Å². The molecule has 0 atom stereocenters. The van der Waals surface area contributed by atoms with Gasteiger partial charge in [0, 0.05) is 19.2 Å². The summed E-state index contributed by atoms with van der Waals surface area (Å²) in [6, 6.07) is 7.29. The summed E-state index contributed by atoms with van der Waals surface area (Å²) in [5.74, 6) is -0.956. The van der Waals surface area contributed by atoms with Crippen molar-refractivity contribution in [2.24, 2.45) is 4.99 Å². The van der Waals surface area contributed by atoms with Crippen molar-refractivity contribution < 1.29 is 13.5 Å². The molecule has 3 nitrogen and oxygen atoms in total. The Balaban J connectivity index is 2.21. The zero-order chi connectivity index (χ0) is 18.4. The second-order valence-electron chi connectivity index (χ2n) is 5.96. The van der Waals surface area contributed by atoms with Crippen molar-refractivity contribution >= 4 is 12.0 Å². The molecule has 0 aliphatic heterocycles. The molecule has 0 bridgehead atoms. The molecule has 0 aliphatic carbocycles. The molecule has 0 heterocycles. The minimum absolute atomic E-state index is 0.262. The molecule has 0 N–H and O–H groups in total. The summed E-state index contributed by atoms with van der Waals surface area (Å²) in [6.07, 6.45) is 2.93. The number of hydrogen-bond donors (Lipinski definition) is 0. The first-order valence-electron chi connectivity index (χ1n) is 8.47. The molecule has 0 unspecified atom stereocenters. The third-order valence-electron chi connectivity index (χ3n) is 3.89. The summed E-state index contributed by atoms with van der Waals surface area (Å²) in [7, 11) is 0. The second kappa shape index (κ2) is 8.60. The zero-order valence-electron chi connectivity index (χ0n) is 15.1. The highest BCUT2D eigenvalue weighted by Crippen LogP contribution is 2.31. The highest BCUT2D eigenvalue weighted by atomic mass is 19.2. The number of aliphatic imine (C=N–C) groups is 1. The molecule has 0 aliphatic rings. The Morgan fingerprint density at radius 3 is 2.44 bits per heavy atom. The summed E-state index contributed by atoms with van der Waals surface area (Å²) in [6.45, 7) is 9.95. The monoisotopic (exact) mass is 346 g/mol. The first-order valence-corrected chi connectivity index (χ1v) is 8.47. The molecule has 2 rings (SSSR count). The molecule has 5 heteroatoms. The van der Waals surface area contributed by atoms with Crippen LogP contribution in [0.3, 0.4) is 0 Å². The zero-order valence-corrected chi connectivity index (χ0v) is 15.1. The van der Waals surface area contributed by atoms with Crippen molar-refractivity contribution in [2.75, 3.05) is 13.1 Å². The molecule has 0 radical (unpaired) electrons. The maximum Gasteiger partial charge on any atom is 0.162 e. The van der Waals surface area contributed by atoms with E-state index in [0.717, 1.165) is 48.5 Å². The van der Waals surface area contributed by atoms with E-state index < -0.39 is 11.6 Å². The average Bonchev–Trinajstić information content (AvgIpc) is 2.58. The van der Waals surface area contributed by atoms with Crippen LogP contribution >= 0.6 is 0 Å². The molecule has 25 heavy (non-hydrogen) atoms. The van der Waals surface area contributed by atoms with Crippen LogP contribution in [0.15, 0.2) is 35.3 Å². The Kier molecular flexibility index (Phi) is 6.51. The Bertz CT molecular complexity index is 760. The van der Waals surface area contributed by atoms with Crippen molar-refractivity contribution in [3.63, 3.8) is 0 Å². The van der Waals surface area contributed by atoms with Gasteiger partial charge >= 0.3 is 0 Å². The van der Waals surface area contributed by atoms with Gasteiger partial charge in [0.15, 0.2) is 11.6 Å². The van der Waals surface area contributed by atoms with Gasteiger partial charge in [-0.05, 0) is 62.6 Å². The van der Waals surface area contributed by atoms with Crippen LogP contribution < -0.4 is 4.74 Å². The van der Waals surface area contributed by atoms with Crippen molar-refractivity contribution in [1.82, 2.24) is 4.90 Å². The van der Waals surface area contributed by atoms with E-state index in [0.29, 0.717) is 5.75 Å². The van der Waals surface area contributed by atoms with Gasteiger partial charge in [0.2, 0.25) is 0 Å². The standard InChI is InChI=1S/C20H24F2N2O/c1-5-9-24(6-2)13-23-19-10-15(4)20(11-14(19)3)25-16-7-8-17(21)18(22)12-16/h7-8,10-13H,5-6,9H2,1-4H3/b23-13+. The SMILES string of the molecule is CCCN(/C=N/c1cc(C)c(Oc2ccc(F)c(F)c2)cc1C)CC. The molecule has 0 saturated heterocycles. The van der Waals surface area contributed by atoms with Gasteiger partial charge in [-0.15, -0.1) is 0 Å². The van der Waals surface area contributed by atoms with Crippen molar-refractivity contribution in [2.45, 2.75) is 34.1 Å². The number of ether oxygens (including phenoxy) is 1. The second-order valence-corrected chi connectivity index (χ2v) is 5.96. The molecular formula is C20H24F2N2O. The minimum atomic E-state index is -0.927. The van der Waals surface area contributed by atoms with Crippen LogP contribution in [0.1, 0.15) is 31.4 Å². The van der Waals surface area contributed by atoms with Crippen LogP contribution in [0.4, 0.5) is 14.5 Å². The molecule has 0 aromatic heterocycles. The summed E-state index contributed by atoms with van der Waals surface area (Å²) in [5.41, 5.74) is 2.69. The van der Waals surface area contributed by atoms with Crippen LogP contribution in [0.5, 0.6) is 11.5 Å². The van der Waals surface area contributed by atoms with Crippen LogP contribution in [-0.2, 0) is 0 Å². The number of rotatable bonds is 7. The third kappa shape index (κ3) is 5.02. The molecule has 134 valence electrons. The van der Waals surface area contributed by atoms with Gasteiger partial charge in [0.05, 0.1) is 12.0 Å². The topological polar surface area (TPSA) is 24.8 Å². The van der Waals surface area contributed by atoms with Gasteiger partial charge < -0.3 is 9.64 Å². The lowest BCUT2D eigenvalue weighted by molar-refractivity contribution is 0.452. The largest absolute Gasteiger partial charge is 0.457 e. The Labute approximate surface area is 148 Å². The van der Waals surface area contributed by atoms with Crippen molar-refractivity contribution in [3.8, 4) is 11.5 Å². The molecule has 2 aromatic rings. The van der Waals surface area contributed by atoms with Gasteiger partial charge in [-0.3, -0.25) is 0 Å². The average molecular weight is 346 g/mol. The molecule has 0 saturated carbocycles. The smallest absolute Gasteiger partial charge is 0.162 e. The summed E-state index contributed by atoms with van der Waals surface area (Å²) >= 11 is 0. The molecule has 0 fully saturated rings. The van der Waals surface area contributed by atoms with E-state index in [1.165, 1.54) is 6.07 Å². The Morgan fingerprint density at radius 1 is 1.04 bits per heavy atom. The van der Waals surface area contributed by atoms with Crippen molar-refractivity contribution in [1.29, 1.82) is 0 Å². The highest BCUT2D eigenvalue weighted by Gasteiger charge is 2.09. The van der Waals surface area contributed by atoms with E-state index in [1.807, 2.05) is 32.3 Å². The maximum absolute atomic E-state index is 13.3. The van der Waals surface area contributed by atoms with Gasteiger partial charge in [-0.1, -0.05) is 6.92 Å². The fourth-order valence-electron chi connectivity index (χ4n) is 2.42. The summed E-state index contributed by atoms with van der Waals surface area (Å²) in [4.78, 5) is 6.72. The van der Waals surface area contributed by atoms with Crippen molar-refractivity contribution in [3.05, 3.63) is 53.1 Å². The lowest BCUT2D eigenvalue weighted by Gasteiger charge is -2.16. The Morgan fingerprint density at radius 2 is 1.80 bits per heavy atom. The maximum atomic E-state index is 13.3. The van der Waals surface area contributed by atoms with E-state index in [2.05, 4.69) is 23.7 Å². The van der Waals surface area contributed by atoms with Crippen LogP contribution in [0, 0.1) is 25.5 Å². The van der Waals surface area contributed by atoms with E-state index in [-0.39, 0.29) is 5.75 Å². The van der Waals surface area contributed by atoms with Gasteiger partial charge in [0.25, 0.3) is 0 Å². The number of halogens is 2. The van der Waals surface area contributed by atoms with Crippen LogP contribution in [0.2, 0.25) is 0 Å². The molecule has 2 aromatic carbocycles. The van der Waals surface area contributed by atoms with Gasteiger partial charge in [-0.25, -0.2) is 13.8 Å².